The van der Waals surface area contributed by atoms with Crippen LogP contribution in [0, 0.1) is 0 Å². The highest BCUT2D eigenvalue weighted by molar-refractivity contribution is 6.05. The van der Waals surface area contributed by atoms with Crippen molar-refractivity contribution in [3.8, 4) is 5.75 Å². The second-order valence-electron chi connectivity index (χ2n) is 5.91. The Morgan fingerprint density at radius 3 is 2.19 bits per heavy atom. The molecule has 3 amide bonds. The SMILES string of the molecule is COc1ccc(NC(=O)c2ccc(NC(=O)[C@H]3CCC(=O)N3)cc2)cc1. The van der Waals surface area contributed by atoms with Crippen molar-refractivity contribution >= 4 is 29.1 Å². The van der Waals surface area contributed by atoms with Gasteiger partial charge in [0.05, 0.1) is 7.11 Å². The lowest BCUT2D eigenvalue weighted by atomic mass is 10.1. The van der Waals surface area contributed by atoms with Gasteiger partial charge in [-0.2, -0.15) is 0 Å². The molecule has 0 unspecified atom stereocenters. The lowest BCUT2D eigenvalue weighted by molar-refractivity contribution is -0.122. The number of rotatable bonds is 5. The first kappa shape index (κ1) is 17.5. The zero-order valence-electron chi connectivity index (χ0n) is 14.2. The molecule has 1 aliphatic heterocycles. The van der Waals surface area contributed by atoms with E-state index < -0.39 is 6.04 Å². The zero-order valence-corrected chi connectivity index (χ0v) is 14.2. The van der Waals surface area contributed by atoms with Crippen molar-refractivity contribution in [2.75, 3.05) is 17.7 Å². The maximum Gasteiger partial charge on any atom is 0.255 e. The van der Waals surface area contributed by atoms with Crippen molar-refractivity contribution in [1.29, 1.82) is 0 Å². The largest absolute Gasteiger partial charge is 0.497 e. The Hall–Kier alpha value is -3.35. The van der Waals surface area contributed by atoms with Gasteiger partial charge < -0.3 is 20.7 Å². The Balaban J connectivity index is 1.58. The molecule has 1 fully saturated rings. The summed E-state index contributed by atoms with van der Waals surface area (Å²) in [4.78, 5) is 35.5. The number of amides is 3. The van der Waals surface area contributed by atoms with Crippen LogP contribution in [0.4, 0.5) is 11.4 Å². The van der Waals surface area contributed by atoms with Crippen LogP contribution in [0.2, 0.25) is 0 Å². The van der Waals surface area contributed by atoms with E-state index in [0.29, 0.717) is 35.5 Å². The summed E-state index contributed by atoms with van der Waals surface area (Å²) >= 11 is 0. The summed E-state index contributed by atoms with van der Waals surface area (Å²) in [5, 5.41) is 8.14. The Labute approximate surface area is 150 Å². The van der Waals surface area contributed by atoms with Gasteiger partial charge >= 0.3 is 0 Å². The average Bonchev–Trinajstić information content (AvgIpc) is 3.09. The van der Waals surface area contributed by atoms with Crippen LogP contribution in [-0.2, 0) is 9.59 Å². The van der Waals surface area contributed by atoms with Gasteiger partial charge in [0.25, 0.3) is 5.91 Å². The highest BCUT2D eigenvalue weighted by Gasteiger charge is 2.27. The fraction of sp³-hybridized carbons (Fsp3) is 0.211. The van der Waals surface area contributed by atoms with E-state index in [0.717, 1.165) is 0 Å². The Morgan fingerprint density at radius 2 is 1.62 bits per heavy atom. The van der Waals surface area contributed by atoms with Gasteiger partial charge in [-0.25, -0.2) is 0 Å². The van der Waals surface area contributed by atoms with E-state index in [1.54, 1.807) is 55.6 Å². The van der Waals surface area contributed by atoms with E-state index in [1.165, 1.54) is 0 Å². The molecule has 0 aliphatic carbocycles. The predicted octanol–water partition coefficient (Wildman–Crippen LogP) is 2.16. The number of hydrogen-bond donors (Lipinski definition) is 3. The van der Waals surface area contributed by atoms with Gasteiger partial charge in [-0.05, 0) is 55.0 Å². The van der Waals surface area contributed by atoms with Crippen LogP contribution in [0.1, 0.15) is 23.2 Å². The maximum atomic E-state index is 12.3. The number of nitrogens with one attached hydrogen (secondary N) is 3. The van der Waals surface area contributed by atoms with E-state index in [-0.39, 0.29) is 17.7 Å². The summed E-state index contributed by atoms with van der Waals surface area (Å²) in [6.45, 7) is 0. The van der Waals surface area contributed by atoms with Crippen LogP contribution in [-0.4, -0.2) is 30.9 Å². The average molecular weight is 353 g/mol. The van der Waals surface area contributed by atoms with Crippen LogP contribution in [0.3, 0.4) is 0 Å². The number of benzene rings is 2. The highest BCUT2D eigenvalue weighted by atomic mass is 16.5. The molecule has 0 radical (unpaired) electrons. The molecule has 2 aromatic rings. The number of methoxy groups -OCH3 is 1. The van der Waals surface area contributed by atoms with E-state index in [4.69, 9.17) is 4.74 Å². The normalized spacial score (nSPS) is 15.9. The Bertz CT molecular complexity index is 816. The third-order valence-corrected chi connectivity index (χ3v) is 4.07. The lowest BCUT2D eigenvalue weighted by Crippen LogP contribution is -2.37. The standard InChI is InChI=1S/C19H19N3O4/c1-26-15-8-6-14(7-9-15)20-18(24)12-2-4-13(5-3-12)21-19(25)16-10-11-17(23)22-16/h2-9,16H,10-11H2,1H3,(H,20,24)(H,21,25)(H,22,23)/t16-/m1/s1. The Kier molecular flexibility index (Phi) is 5.17. The van der Waals surface area contributed by atoms with E-state index in [9.17, 15) is 14.4 Å². The van der Waals surface area contributed by atoms with Gasteiger partial charge in [0.2, 0.25) is 11.8 Å². The quantitative estimate of drug-likeness (QED) is 0.767. The van der Waals surface area contributed by atoms with Crippen molar-refractivity contribution < 1.29 is 19.1 Å². The predicted molar refractivity (Wildman–Crippen MR) is 97.2 cm³/mol. The van der Waals surface area contributed by atoms with E-state index >= 15 is 0 Å². The van der Waals surface area contributed by atoms with Crippen LogP contribution in [0.25, 0.3) is 0 Å². The maximum absolute atomic E-state index is 12.3. The molecule has 3 rings (SSSR count). The van der Waals surface area contributed by atoms with Gasteiger partial charge in [0, 0.05) is 23.4 Å². The molecular weight excluding hydrogens is 334 g/mol. The molecule has 1 saturated heterocycles. The summed E-state index contributed by atoms with van der Waals surface area (Å²) in [6.07, 6.45) is 0.857. The first-order chi connectivity index (χ1) is 12.5. The molecule has 26 heavy (non-hydrogen) atoms. The zero-order chi connectivity index (χ0) is 18.5. The molecular formula is C19H19N3O4. The molecule has 0 saturated carbocycles. The minimum Gasteiger partial charge on any atom is -0.497 e. The molecule has 7 heteroatoms. The summed E-state index contributed by atoms with van der Waals surface area (Å²) in [6, 6.07) is 13.1. The molecule has 1 atom stereocenters. The molecule has 1 aliphatic rings. The van der Waals surface area contributed by atoms with Gasteiger partial charge in [-0.3, -0.25) is 14.4 Å². The minimum absolute atomic E-state index is 0.115. The molecule has 134 valence electrons. The second-order valence-corrected chi connectivity index (χ2v) is 5.91. The summed E-state index contributed by atoms with van der Waals surface area (Å²) in [7, 11) is 1.58. The monoisotopic (exact) mass is 353 g/mol. The lowest BCUT2D eigenvalue weighted by Gasteiger charge is -2.11. The van der Waals surface area contributed by atoms with Crippen molar-refractivity contribution in [3.63, 3.8) is 0 Å². The van der Waals surface area contributed by atoms with Crippen LogP contribution in [0.5, 0.6) is 5.75 Å². The summed E-state index contributed by atoms with van der Waals surface area (Å²) in [5.74, 6) is 0.0830. The van der Waals surface area contributed by atoms with Crippen LogP contribution < -0.4 is 20.7 Å². The van der Waals surface area contributed by atoms with Gasteiger partial charge in [-0.1, -0.05) is 0 Å². The molecule has 0 spiro atoms. The molecule has 3 N–H and O–H groups in total. The Morgan fingerprint density at radius 1 is 1.00 bits per heavy atom. The number of anilines is 2. The molecule has 2 aromatic carbocycles. The minimum atomic E-state index is -0.499. The topological polar surface area (TPSA) is 96.5 Å². The summed E-state index contributed by atoms with van der Waals surface area (Å²) in [5.41, 5.74) is 1.69. The van der Waals surface area contributed by atoms with Gasteiger partial charge in [0.15, 0.2) is 0 Å². The van der Waals surface area contributed by atoms with Gasteiger partial charge in [0.1, 0.15) is 11.8 Å². The molecule has 1 heterocycles. The smallest absolute Gasteiger partial charge is 0.255 e. The molecule has 0 aromatic heterocycles. The molecule has 0 bridgehead atoms. The van der Waals surface area contributed by atoms with Crippen molar-refractivity contribution in [1.82, 2.24) is 5.32 Å². The van der Waals surface area contributed by atoms with E-state index in [1.807, 2.05) is 0 Å². The highest BCUT2D eigenvalue weighted by Crippen LogP contribution is 2.17. The fourth-order valence-corrected chi connectivity index (χ4v) is 2.62. The first-order valence-corrected chi connectivity index (χ1v) is 8.21. The van der Waals surface area contributed by atoms with Crippen LogP contribution >= 0.6 is 0 Å². The first-order valence-electron chi connectivity index (χ1n) is 8.21. The third kappa shape index (κ3) is 4.18. The van der Waals surface area contributed by atoms with Crippen LogP contribution in [0.15, 0.2) is 48.5 Å². The van der Waals surface area contributed by atoms with E-state index in [2.05, 4.69) is 16.0 Å². The summed E-state index contributed by atoms with van der Waals surface area (Å²) < 4.78 is 5.08. The molecule has 7 nitrogen and oxygen atoms in total. The fourth-order valence-electron chi connectivity index (χ4n) is 2.62. The van der Waals surface area contributed by atoms with Crippen molar-refractivity contribution in [2.24, 2.45) is 0 Å². The van der Waals surface area contributed by atoms with Crippen molar-refractivity contribution in [3.05, 3.63) is 54.1 Å². The van der Waals surface area contributed by atoms with Gasteiger partial charge in [-0.15, -0.1) is 0 Å². The number of ether oxygens (including phenoxy) is 1. The number of carbonyl (C=O) groups excluding carboxylic acids is 3. The number of hydrogen-bond acceptors (Lipinski definition) is 4. The third-order valence-electron chi connectivity index (χ3n) is 4.07. The second kappa shape index (κ2) is 7.69. The number of carbonyl (C=O) groups is 3. The van der Waals surface area contributed by atoms with Crippen molar-refractivity contribution in [2.45, 2.75) is 18.9 Å².